The van der Waals surface area contributed by atoms with Crippen LogP contribution < -0.4 is 32.3 Å². The number of nitrogens with zero attached hydrogens (tertiary/aromatic N) is 12. The number of halogens is 6. The van der Waals surface area contributed by atoms with Crippen molar-refractivity contribution in [2.45, 2.75) is 167 Å². The minimum Gasteiger partial charge on any atom is -0.396 e. The van der Waals surface area contributed by atoms with Gasteiger partial charge in [0.2, 0.25) is 11.2 Å². The van der Waals surface area contributed by atoms with Crippen LogP contribution in [0.4, 0.5) is 46.5 Å². The average Bonchev–Trinajstić information content (AvgIpc) is 4.19. The molecule has 24 heteroatoms. The predicted octanol–water partition coefficient (Wildman–Crippen LogP) is 9.36. The molecule has 4 fully saturated rings. The van der Waals surface area contributed by atoms with Crippen molar-refractivity contribution in [2.24, 2.45) is 0 Å². The lowest BCUT2D eigenvalue weighted by Gasteiger charge is -2.46. The fourth-order valence-electron chi connectivity index (χ4n) is 10.3. The van der Waals surface area contributed by atoms with Crippen LogP contribution in [-0.4, -0.2) is 94.6 Å². The number of hydrogen-bond acceptors (Lipinski definition) is 16. The Labute approximate surface area is 427 Å². The van der Waals surface area contributed by atoms with Gasteiger partial charge in [-0.3, -0.25) is 0 Å². The minimum absolute atomic E-state index is 0. The van der Waals surface area contributed by atoms with Gasteiger partial charge in [0, 0.05) is 34.2 Å². The van der Waals surface area contributed by atoms with E-state index in [2.05, 4.69) is 133 Å². The predicted molar refractivity (Wildman–Crippen MR) is 271 cm³/mol. The quantitative estimate of drug-likeness (QED) is 0.0427. The van der Waals surface area contributed by atoms with E-state index in [4.69, 9.17) is 17.3 Å². The van der Waals surface area contributed by atoms with Crippen molar-refractivity contribution in [3.8, 4) is 11.4 Å². The van der Waals surface area contributed by atoms with E-state index in [0.717, 1.165) is 80.6 Å². The first-order chi connectivity index (χ1) is 33.3. The van der Waals surface area contributed by atoms with E-state index in [-0.39, 0.29) is 92.6 Å². The van der Waals surface area contributed by atoms with Crippen LogP contribution in [0, 0.1) is 37.1 Å². The highest BCUT2D eigenvalue weighted by molar-refractivity contribution is 6.28. The van der Waals surface area contributed by atoms with Gasteiger partial charge in [0.1, 0.15) is 11.6 Å². The van der Waals surface area contributed by atoms with Gasteiger partial charge < -0.3 is 32.3 Å². The summed E-state index contributed by atoms with van der Waals surface area (Å²) in [5, 5.41) is 39.6. The monoisotopic (exact) mass is 1040 g/mol. The molecule has 10 rings (SSSR count). The number of anilines is 5. The highest BCUT2D eigenvalue weighted by atomic mass is 35.5. The Bertz CT molecular complexity index is 2850. The van der Waals surface area contributed by atoms with Gasteiger partial charge in [-0.2, -0.15) is 19.3 Å². The molecule has 2 saturated carbocycles. The minimum atomic E-state index is -0.556. The molecule has 18 nitrogen and oxygen atoms in total. The third-order valence-corrected chi connectivity index (χ3v) is 13.0. The Morgan fingerprint density at radius 2 is 1.04 bits per heavy atom. The van der Waals surface area contributed by atoms with E-state index >= 15 is 4.39 Å². The van der Waals surface area contributed by atoms with Crippen LogP contribution in [0.25, 0.3) is 11.4 Å². The number of nitrogens with two attached hydrogens (primary N) is 1. The average molecular weight is 1040 g/mol. The zero-order valence-corrected chi connectivity index (χ0v) is 43.7. The first-order valence-corrected chi connectivity index (χ1v) is 24.2. The van der Waals surface area contributed by atoms with E-state index in [9.17, 15) is 13.2 Å². The van der Waals surface area contributed by atoms with Crippen LogP contribution in [-0.2, 0) is 0 Å². The molecule has 2 aliphatic heterocycles. The molecule has 388 valence electrons. The van der Waals surface area contributed by atoms with Gasteiger partial charge in [-0.25, -0.2) is 27.5 Å². The number of benzene rings is 2. The number of aryl methyl sites for hydroxylation is 2. The standard InChI is InChI=1S/C24H31F2N9.C13H20ClFN4.C11H12FN5.ClH/c1-13-31-33-34-35(13)20-9-19(17(25)8-16(20)14-6-7-14)29-22-27-12-18(26)21(30-22)28-15-10-23(2,3)32-24(4,5)11-15;1-12(2)5-8(6-13(3,4)19-12)17-10-9(15)7-16-11(14)18-10;1-6-14-15-16-17(6)11-5-10(13)9(12)4-8(11)7-2-3-7;/h8-9,12,14-15,32H,6-7,10-11H2,1-5H3,(H2,27,28,29,30);7-8,19H,5-6H2,1-4H3,(H,16,17,18);4-5,7H,2-3,13H2,1H3;1H. The molecule has 72 heavy (non-hydrogen) atoms. The Morgan fingerprint density at radius 3 is 1.49 bits per heavy atom. The van der Waals surface area contributed by atoms with E-state index in [1.165, 1.54) is 12.1 Å². The summed E-state index contributed by atoms with van der Waals surface area (Å²) in [6.45, 7) is 20.7. The molecule has 2 aromatic carbocycles. The van der Waals surface area contributed by atoms with E-state index in [1.54, 1.807) is 35.3 Å². The molecule has 4 aromatic heterocycles. The Hall–Kier alpha value is -5.84. The number of nitrogen functional groups attached to an aromatic ring is 1. The first-order valence-electron chi connectivity index (χ1n) is 23.9. The lowest BCUT2D eigenvalue weighted by molar-refractivity contribution is 0.170. The van der Waals surface area contributed by atoms with Crippen LogP contribution in [0.1, 0.15) is 141 Å². The molecule has 2 saturated heterocycles. The van der Waals surface area contributed by atoms with Gasteiger partial charge in [0.25, 0.3) is 0 Å². The van der Waals surface area contributed by atoms with Crippen LogP contribution in [0.15, 0.2) is 36.7 Å². The SMILES string of the molecule is CC1(C)CC(Nc2nc(Cl)ncc2F)CC(C)(C)N1.Cc1nnnn1-c1cc(N)c(F)cc1C1CC1.Cc1nnnn1-c1cc(Nc2ncc(F)c(NC3CC(C)(C)NC(C)(C)C3)n2)c(F)cc1C1CC1.Cl. The van der Waals surface area contributed by atoms with Crippen molar-refractivity contribution in [1.29, 1.82) is 0 Å². The van der Waals surface area contributed by atoms with E-state index in [0.29, 0.717) is 23.3 Å². The van der Waals surface area contributed by atoms with Crippen LogP contribution in [0.3, 0.4) is 0 Å². The van der Waals surface area contributed by atoms with Crippen molar-refractivity contribution in [3.05, 3.63) is 88.0 Å². The molecule has 0 radical (unpaired) electrons. The molecule has 6 aromatic rings. The Morgan fingerprint density at radius 1 is 0.611 bits per heavy atom. The van der Waals surface area contributed by atoms with Gasteiger partial charge in [-0.15, -0.1) is 22.6 Å². The second-order valence-corrected chi connectivity index (χ2v) is 22.1. The van der Waals surface area contributed by atoms with Gasteiger partial charge in [0.15, 0.2) is 34.9 Å². The number of tetrazole rings is 2. The van der Waals surface area contributed by atoms with Crippen molar-refractivity contribution < 1.29 is 17.6 Å². The van der Waals surface area contributed by atoms with E-state index < -0.39 is 17.5 Å². The topological polar surface area (TPSA) is 225 Å². The molecule has 4 aliphatic rings. The maximum absolute atomic E-state index is 15.1. The third-order valence-electron chi connectivity index (χ3n) is 12.8. The van der Waals surface area contributed by atoms with Gasteiger partial charge in [-0.1, -0.05) is 0 Å². The molecule has 0 atom stereocenters. The lowest BCUT2D eigenvalue weighted by Crippen LogP contribution is -2.60. The molecule has 6 heterocycles. The summed E-state index contributed by atoms with van der Waals surface area (Å²) in [6, 6.07) is 6.44. The molecule has 7 N–H and O–H groups in total. The summed E-state index contributed by atoms with van der Waals surface area (Å²) in [4.78, 5) is 15.9. The Kier molecular flexibility index (Phi) is 15.7. The molecule has 2 aliphatic carbocycles. The number of rotatable bonds is 10. The molecule has 0 unspecified atom stereocenters. The smallest absolute Gasteiger partial charge is 0.229 e. The van der Waals surface area contributed by atoms with Gasteiger partial charge in [-0.05, 0) is 200 Å². The van der Waals surface area contributed by atoms with Crippen molar-refractivity contribution in [2.75, 3.05) is 21.7 Å². The summed E-state index contributed by atoms with van der Waals surface area (Å²) in [6.07, 6.45) is 9.72. The molecule has 0 bridgehead atoms. The molecular weight excluding hydrogens is 976 g/mol. The summed E-state index contributed by atoms with van der Waals surface area (Å²) in [5.74, 6) is 0.478. The normalized spacial score (nSPS) is 18.9. The highest BCUT2D eigenvalue weighted by Crippen LogP contribution is 2.45. The summed E-state index contributed by atoms with van der Waals surface area (Å²) < 4.78 is 60.1. The maximum atomic E-state index is 15.1. The second kappa shape index (κ2) is 20.9. The van der Waals surface area contributed by atoms with Gasteiger partial charge >= 0.3 is 0 Å². The van der Waals surface area contributed by atoms with E-state index in [1.807, 2.05) is 0 Å². The lowest BCUT2D eigenvalue weighted by atomic mass is 9.79. The Balaban J connectivity index is 0.000000173. The number of nitrogens with one attached hydrogen (secondary N) is 5. The third kappa shape index (κ3) is 13.4. The molecule has 0 spiro atoms. The van der Waals surface area contributed by atoms with Crippen LogP contribution in [0.2, 0.25) is 5.28 Å². The van der Waals surface area contributed by atoms with Crippen LogP contribution >= 0.6 is 24.0 Å². The van der Waals surface area contributed by atoms with Crippen LogP contribution in [0.5, 0.6) is 0 Å². The largest absolute Gasteiger partial charge is 0.396 e. The number of aromatic nitrogens is 12. The van der Waals surface area contributed by atoms with Crippen molar-refractivity contribution >= 4 is 53.0 Å². The maximum Gasteiger partial charge on any atom is 0.229 e. The molecule has 0 amide bonds. The number of hydrogen-bond donors (Lipinski definition) is 6. The summed E-state index contributed by atoms with van der Waals surface area (Å²) in [7, 11) is 0. The zero-order valence-electron chi connectivity index (χ0n) is 42.2. The van der Waals surface area contributed by atoms with Crippen molar-refractivity contribution in [3.63, 3.8) is 0 Å². The number of piperidine rings is 2. The summed E-state index contributed by atoms with van der Waals surface area (Å²) >= 11 is 5.71. The fourth-order valence-corrected chi connectivity index (χ4v) is 10.4. The fraction of sp³-hybridized carbons (Fsp3) is 0.542. The van der Waals surface area contributed by atoms with Crippen molar-refractivity contribution in [1.82, 2.24) is 71.0 Å². The second-order valence-electron chi connectivity index (χ2n) is 21.8. The van der Waals surface area contributed by atoms with Gasteiger partial charge in [0.05, 0.1) is 35.1 Å². The molecular formula is C48H64Cl2F4N18. The summed E-state index contributed by atoms with van der Waals surface area (Å²) in [5.41, 5.74) is 8.96. The zero-order chi connectivity index (χ0) is 51.2. The highest BCUT2D eigenvalue weighted by Gasteiger charge is 2.39. The first kappa shape index (κ1) is 53.9.